The van der Waals surface area contributed by atoms with Crippen LogP contribution in [0.25, 0.3) is 6.08 Å². The Bertz CT molecular complexity index is 523. The number of aliphatic carboxylic acids is 1. The smallest absolute Gasteiger partial charge is 0.328 e. The van der Waals surface area contributed by atoms with Crippen molar-refractivity contribution >= 4 is 29.3 Å². The largest absolute Gasteiger partial charge is 0.478 e. The van der Waals surface area contributed by atoms with E-state index in [1.165, 1.54) is 17.4 Å². The summed E-state index contributed by atoms with van der Waals surface area (Å²) >= 11 is 1.35. The molecule has 1 saturated heterocycles. The molecule has 5 nitrogen and oxygen atoms in total. The van der Waals surface area contributed by atoms with Crippen LogP contribution in [0.15, 0.2) is 17.5 Å². The van der Waals surface area contributed by atoms with Crippen molar-refractivity contribution in [3.05, 3.63) is 28.0 Å². The quantitative estimate of drug-likeness (QED) is 0.835. The number of nitrogens with one attached hydrogen (secondary N) is 1. The van der Waals surface area contributed by atoms with Gasteiger partial charge in [0.1, 0.15) is 0 Å². The number of carbonyl (C=O) groups excluding carboxylic acids is 1. The first-order valence-electron chi connectivity index (χ1n) is 6.46. The van der Waals surface area contributed by atoms with E-state index in [1.54, 1.807) is 11.4 Å². The van der Waals surface area contributed by atoms with Crippen molar-refractivity contribution < 1.29 is 19.4 Å². The summed E-state index contributed by atoms with van der Waals surface area (Å²) in [6.45, 7) is 2.67. The van der Waals surface area contributed by atoms with E-state index >= 15 is 0 Å². The minimum atomic E-state index is -0.999. The fraction of sp³-hybridized carbons (Fsp3) is 0.429. The van der Waals surface area contributed by atoms with Gasteiger partial charge in [0.05, 0.1) is 11.7 Å². The highest BCUT2D eigenvalue weighted by Crippen LogP contribution is 2.18. The molecule has 2 N–H and O–H groups in total. The summed E-state index contributed by atoms with van der Waals surface area (Å²) in [6, 6.07) is 1.84. The van der Waals surface area contributed by atoms with Crippen molar-refractivity contribution in [1.82, 2.24) is 5.32 Å². The van der Waals surface area contributed by atoms with Crippen molar-refractivity contribution in [3.8, 4) is 0 Å². The third-order valence-corrected chi connectivity index (χ3v) is 3.99. The third kappa shape index (κ3) is 4.18. The van der Waals surface area contributed by atoms with E-state index < -0.39 is 5.97 Å². The summed E-state index contributed by atoms with van der Waals surface area (Å²) in [5.74, 6) is -1.11. The number of rotatable bonds is 4. The number of hydrogen-bond acceptors (Lipinski definition) is 4. The topological polar surface area (TPSA) is 75.6 Å². The van der Waals surface area contributed by atoms with Gasteiger partial charge in [-0.2, -0.15) is 0 Å². The molecule has 1 aromatic heterocycles. The number of ether oxygens (including phenoxy) is 1. The number of carboxylic acids is 1. The van der Waals surface area contributed by atoms with Gasteiger partial charge in [-0.05, 0) is 31.9 Å². The Morgan fingerprint density at radius 1 is 1.55 bits per heavy atom. The highest BCUT2D eigenvalue weighted by Gasteiger charge is 2.21. The van der Waals surface area contributed by atoms with Gasteiger partial charge in [-0.25, -0.2) is 4.79 Å². The Morgan fingerprint density at radius 3 is 3.05 bits per heavy atom. The zero-order valence-corrected chi connectivity index (χ0v) is 12.0. The van der Waals surface area contributed by atoms with Crippen molar-refractivity contribution in [3.63, 3.8) is 0 Å². The Kier molecular flexibility index (Phi) is 4.92. The molecule has 108 valence electrons. The summed E-state index contributed by atoms with van der Waals surface area (Å²) in [7, 11) is 0. The van der Waals surface area contributed by atoms with Gasteiger partial charge in [0.25, 0.3) is 5.91 Å². The summed E-state index contributed by atoms with van der Waals surface area (Å²) in [5, 5.41) is 13.3. The molecule has 2 atom stereocenters. The Balaban J connectivity index is 1.94. The molecule has 0 bridgehead atoms. The van der Waals surface area contributed by atoms with Crippen LogP contribution in [-0.2, 0) is 9.53 Å². The molecule has 0 aliphatic carbocycles. The Hall–Kier alpha value is -1.66. The van der Waals surface area contributed by atoms with Gasteiger partial charge in [0.15, 0.2) is 0 Å². The third-order valence-electron chi connectivity index (χ3n) is 3.09. The van der Waals surface area contributed by atoms with E-state index in [4.69, 9.17) is 9.84 Å². The highest BCUT2D eigenvalue weighted by molar-refractivity contribution is 7.11. The maximum Gasteiger partial charge on any atom is 0.328 e. The molecule has 1 aliphatic heterocycles. The van der Waals surface area contributed by atoms with Crippen molar-refractivity contribution in [2.75, 3.05) is 6.61 Å². The van der Waals surface area contributed by atoms with Gasteiger partial charge >= 0.3 is 5.97 Å². The summed E-state index contributed by atoms with van der Waals surface area (Å²) in [4.78, 5) is 23.3. The van der Waals surface area contributed by atoms with Crippen LogP contribution in [-0.4, -0.2) is 35.7 Å². The molecule has 6 heteroatoms. The van der Waals surface area contributed by atoms with E-state index in [1.807, 2.05) is 6.92 Å². The molecule has 0 spiro atoms. The Labute approximate surface area is 121 Å². The second-order valence-corrected chi connectivity index (χ2v) is 5.73. The first-order valence-corrected chi connectivity index (χ1v) is 7.34. The van der Waals surface area contributed by atoms with Crippen LogP contribution in [0.4, 0.5) is 0 Å². The second kappa shape index (κ2) is 6.67. The van der Waals surface area contributed by atoms with Gasteiger partial charge in [-0.3, -0.25) is 4.79 Å². The first kappa shape index (κ1) is 14.7. The lowest BCUT2D eigenvalue weighted by Gasteiger charge is -2.27. The SMILES string of the molecule is CC1CC(NC(=O)c2csc(/C=C/C(=O)O)c2)CCO1. The Morgan fingerprint density at radius 2 is 2.35 bits per heavy atom. The molecule has 1 fully saturated rings. The van der Waals surface area contributed by atoms with Gasteiger partial charge in [0.2, 0.25) is 0 Å². The van der Waals surface area contributed by atoms with Crippen LogP contribution in [0.5, 0.6) is 0 Å². The van der Waals surface area contributed by atoms with Crippen LogP contribution >= 0.6 is 11.3 Å². The average molecular weight is 295 g/mol. The molecular formula is C14H17NO4S. The van der Waals surface area contributed by atoms with Crippen molar-refractivity contribution in [2.45, 2.75) is 31.9 Å². The van der Waals surface area contributed by atoms with Crippen LogP contribution < -0.4 is 5.32 Å². The molecule has 2 rings (SSSR count). The number of hydrogen-bond donors (Lipinski definition) is 2. The number of thiophene rings is 1. The highest BCUT2D eigenvalue weighted by atomic mass is 32.1. The average Bonchev–Trinajstić information content (AvgIpc) is 2.85. The molecule has 0 aromatic carbocycles. The molecule has 20 heavy (non-hydrogen) atoms. The van der Waals surface area contributed by atoms with Gasteiger partial charge in [0, 0.05) is 29.0 Å². The molecule has 0 radical (unpaired) electrons. The van der Waals surface area contributed by atoms with Crippen LogP contribution in [0, 0.1) is 0 Å². The fourth-order valence-corrected chi connectivity index (χ4v) is 2.89. The van der Waals surface area contributed by atoms with E-state index in [-0.39, 0.29) is 18.1 Å². The number of amides is 1. The monoisotopic (exact) mass is 295 g/mol. The lowest BCUT2D eigenvalue weighted by molar-refractivity contribution is -0.131. The first-order chi connectivity index (χ1) is 9.54. The minimum absolute atomic E-state index is 0.115. The maximum absolute atomic E-state index is 12.1. The zero-order chi connectivity index (χ0) is 14.5. The molecule has 1 amide bonds. The molecule has 0 saturated carbocycles. The van der Waals surface area contributed by atoms with Crippen LogP contribution in [0.2, 0.25) is 0 Å². The van der Waals surface area contributed by atoms with E-state index in [9.17, 15) is 9.59 Å². The number of carboxylic acid groups (broad SMARTS) is 1. The lowest BCUT2D eigenvalue weighted by Crippen LogP contribution is -2.41. The zero-order valence-electron chi connectivity index (χ0n) is 11.2. The molecular weight excluding hydrogens is 278 g/mol. The van der Waals surface area contributed by atoms with E-state index in [2.05, 4.69) is 5.32 Å². The van der Waals surface area contributed by atoms with Gasteiger partial charge in [-0.1, -0.05) is 0 Å². The standard InChI is InChI=1S/C14H17NO4S/c1-9-6-11(4-5-19-9)15-14(18)10-7-12(20-8-10)2-3-13(16)17/h2-3,7-9,11H,4-6H2,1H3,(H,15,18)(H,16,17)/b3-2+. The lowest BCUT2D eigenvalue weighted by atomic mass is 10.0. The predicted octanol–water partition coefficient (Wildman–Crippen LogP) is 2.14. The second-order valence-electron chi connectivity index (χ2n) is 4.79. The van der Waals surface area contributed by atoms with Crippen LogP contribution in [0.1, 0.15) is 35.0 Å². The summed E-state index contributed by atoms with van der Waals surface area (Å²) < 4.78 is 5.44. The van der Waals surface area contributed by atoms with Crippen molar-refractivity contribution in [1.29, 1.82) is 0 Å². The maximum atomic E-state index is 12.1. The molecule has 1 aliphatic rings. The van der Waals surface area contributed by atoms with Gasteiger partial charge in [-0.15, -0.1) is 11.3 Å². The molecule has 1 aromatic rings. The number of carbonyl (C=O) groups is 2. The van der Waals surface area contributed by atoms with Crippen molar-refractivity contribution in [2.24, 2.45) is 0 Å². The predicted molar refractivity (Wildman–Crippen MR) is 76.9 cm³/mol. The molecule has 2 unspecified atom stereocenters. The van der Waals surface area contributed by atoms with E-state index in [0.717, 1.165) is 23.8 Å². The van der Waals surface area contributed by atoms with Gasteiger partial charge < -0.3 is 15.2 Å². The minimum Gasteiger partial charge on any atom is -0.478 e. The van der Waals surface area contributed by atoms with E-state index in [0.29, 0.717) is 12.2 Å². The van der Waals surface area contributed by atoms with Crippen LogP contribution in [0.3, 0.4) is 0 Å². The summed E-state index contributed by atoms with van der Waals surface area (Å²) in [5.41, 5.74) is 0.569. The summed E-state index contributed by atoms with van der Waals surface area (Å²) in [6.07, 6.45) is 4.37. The fourth-order valence-electron chi connectivity index (χ4n) is 2.11. The molecule has 2 heterocycles. The normalized spacial score (nSPS) is 22.9.